The number of hydrogen-bond acceptors (Lipinski definition) is 4. The SMILES string of the molecule is CC1Nc2ccc(cc2)C(C)Nc2ccc(cc2)C(C)Nc2ccc(cc2)C(C)Nc2ccc1cc2. The molecule has 36 heavy (non-hydrogen) atoms. The molecule has 4 aromatic carbocycles. The molecule has 0 aromatic heterocycles. The van der Waals surface area contributed by atoms with Gasteiger partial charge in [0.15, 0.2) is 0 Å². The molecule has 7 heterocycles. The predicted octanol–water partition coefficient (Wildman–Crippen LogP) is 8.69. The highest BCUT2D eigenvalue weighted by Crippen LogP contribution is 2.28. The minimum absolute atomic E-state index is 0.212. The monoisotopic (exact) mass is 476 g/mol. The lowest BCUT2D eigenvalue weighted by Crippen LogP contribution is -2.10. The van der Waals surface area contributed by atoms with Crippen molar-refractivity contribution in [3.05, 3.63) is 119 Å². The highest BCUT2D eigenvalue weighted by molar-refractivity contribution is 5.54. The van der Waals surface area contributed by atoms with Crippen molar-refractivity contribution >= 4 is 22.7 Å². The Morgan fingerprint density at radius 2 is 0.472 bits per heavy atom. The van der Waals surface area contributed by atoms with Crippen LogP contribution in [0.25, 0.3) is 0 Å². The normalized spacial score (nSPS) is 21.7. The van der Waals surface area contributed by atoms with E-state index in [-0.39, 0.29) is 24.2 Å². The summed E-state index contributed by atoms with van der Waals surface area (Å²) >= 11 is 0. The van der Waals surface area contributed by atoms with Gasteiger partial charge in [-0.15, -0.1) is 0 Å². The van der Waals surface area contributed by atoms with E-state index in [4.69, 9.17) is 0 Å². The van der Waals surface area contributed by atoms with Crippen LogP contribution in [0.2, 0.25) is 0 Å². The Hall–Kier alpha value is -3.92. The average molecular weight is 477 g/mol. The van der Waals surface area contributed by atoms with Gasteiger partial charge in [-0.05, 0) is 98.5 Å². The van der Waals surface area contributed by atoms with Crippen LogP contribution in [0.4, 0.5) is 22.7 Å². The average Bonchev–Trinajstić information content (AvgIpc) is 2.89. The second-order valence-electron chi connectivity index (χ2n) is 9.95. The van der Waals surface area contributed by atoms with Crippen LogP contribution in [-0.4, -0.2) is 0 Å². The zero-order valence-electron chi connectivity index (χ0n) is 21.5. The second kappa shape index (κ2) is 10.4. The van der Waals surface area contributed by atoms with Gasteiger partial charge in [0, 0.05) is 46.9 Å². The number of nitrogens with one attached hydrogen (secondary N) is 4. The van der Waals surface area contributed by atoms with Crippen LogP contribution in [-0.2, 0) is 0 Å². The number of anilines is 4. The van der Waals surface area contributed by atoms with Gasteiger partial charge < -0.3 is 21.3 Å². The largest absolute Gasteiger partial charge is 0.379 e. The third kappa shape index (κ3) is 5.49. The van der Waals surface area contributed by atoms with E-state index in [1.807, 2.05) is 0 Å². The second-order valence-corrected chi connectivity index (χ2v) is 9.95. The lowest BCUT2D eigenvalue weighted by molar-refractivity contribution is 0.865. The van der Waals surface area contributed by atoms with Gasteiger partial charge in [0.2, 0.25) is 0 Å². The quantitative estimate of drug-likeness (QED) is 0.205. The van der Waals surface area contributed by atoms with Crippen molar-refractivity contribution in [2.75, 3.05) is 21.3 Å². The van der Waals surface area contributed by atoms with E-state index >= 15 is 0 Å². The zero-order chi connectivity index (χ0) is 25.1. The molecule has 4 heteroatoms. The molecule has 4 atom stereocenters. The summed E-state index contributed by atoms with van der Waals surface area (Å²) in [6, 6.07) is 35.8. The minimum atomic E-state index is 0.212. The molecule has 0 saturated carbocycles. The third-order valence-corrected chi connectivity index (χ3v) is 7.18. The molecule has 4 aromatic rings. The van der Waals surface area contributed by atoms with Gasteiger partial charge in [0.05, 0.1) is 0 Å². The molecule has 0 saturated heterocycles. The molecule has 0 radical (unpaired) electrons. The smallest absolute Gasteiger partial charge is 0.0485 e. The summed E-state index contributed by atoms with van der Waals surface area (Å²) in [4.78, 5) is 0. The van der Waals surface area contributed by atoms with Crippen molar-refractivity contribution in [2.45, 2.75) is 51.9 Å². The van der Waals surface area contributed by atoms with Crippen LogP contribution in [0, 0.1) is 0 Å². The fourth-order valence-electron chi connectivity index (χ4n) is 4.81. The lowest BCUT2D eigenvalue weighted by atomic mass is 10.0. The molecule has 0 spiro atoms. The maximum Gasteiger partial charge on any atom is 0.0485 e. The minimum Gasteiger partial charge on any atom is -0.379 e. The Kier molecular flexibility index (Phi) is 6.86. The maximum absolute atomic E-state index is 3.64. The lowest BCUT2D eigenvalue weighted by Gasteiger charge is -2.21. The van der Waals surface area contributed by atoms with Gasteiger partial charge >= 0.3 is 0 Å². The first-order chi connectivity index (χ1) is 17.4. The van der Waals surface area contributed by atoms with E-state index in [0.29, 0.717) is 0 Å². The molecule has 11 rings (SSSR count). The summed E-state index contributed by atoms with van der Waals surface area (Å²) in [6.45, 7) is 8.81. The van der Waals surface area contributed by atoms with E-state index in [1.165, 1.54) is 22.3 Å². The Bertz CT molecular complexity index is 1060. The fourth-order valence-corrected chi connectivity index (χ4v) is 4.81. The molecule has 4 nitrogen and oxygen atoms in total. The highest BCUT2D eigenvalue weighted by Gasteiger charge is 2.11. The van der Waals surface area contributed by atoms with E-state index < -0.39 is 0 Å². The predicted molar refractivity (Wildman–Crippen MR) is 154 cm³/mol. The Labute approximate surface area is 215 Å². The molecule has 0 fully saturated rings. The van der Waals surface area contributed by atoms with Gasteiger partial charge in [0.25, 0.3) is 0 Å². The maximum atomic E-state index is 3.64. The molecular weight excluding hydrogens is 440 g/mol. The van der Waals surface area contributed by atoms with Crippen molar-refractivity contribution in [2.24, 2.45) is 0 Å². The Balaban J connectivity index is 1.43. The van der Waals surface area contributed by atoms with E-state index in [1.54, 1.807) is 0 Å². The third-order valence-electron chi connectivity index (χ3n) is 7.18. The van der Waals surface area contributed by atoms with E-state index in [2.05, 4.69) is 146 Å². The first-order valence-electron chi connectivity index (χ1n) is 12.9. The van der Waals surface area contributed by atoms with Gasteiger partial charge in [-0.2, -0.15) is 0 Å². The fraction of sp³-hybridized carbons (Fsp3) is 0.250. The first kappa shape index (κ1) is 23.8. The van der Waals surface area contributed by atoms with Crippen LogP contribution in [0.3, 0.4) is 0 Å². The van der Waals surface area contributed by atoms with Crippen LogP contribution in [0.15, 0.2) is 97.1 Å². The van der Waals surface area contributed by atoms with E-state index in [9.17, 15) is 0 Å². The summed E-state index contributed by atoms with van der Waals surface area (Å²) in [5.41, 5.74) is 9.53. The van der Waals surface area contributed by atoms with Gasteiger partial charge in [-0.3, -0.25) is 0 Å². The number of hydrogen-bond donors (Lipinski definition) is 4. The van der Waals surface area contributed by atoms with Gasteiger partial charge in [-0.1, -0.05) is 48.5 Å². The number of rotatable bonds is 0. The molecule has 0 aliphatic carbocycles. The van der Waals surface area contributed by atoms with Crippen molar-refractivity contribution in [1.82, 2.24) is 0 Å². The summed E-state index contributed by atoms with van der Waals surface area (Å²) in [6.07, 6.45) is 0. The van der Waals surface area contributed by atoms with E-state index in [0.717, 1.165) is 22.7 Å². The molecule has 184 valence electrons. The summed E-state index contributed by atoms with van der Waals surface area (Å²) in [7, 11) is 0. The molecule has 8 bridgehead atoms. The molecule has 7 aliphatic heterocycles. The van der Waals surface area contributed by atoms with Gasteiger partial charge in [-0.25, -0.2) is 0 Å². The standard InChI is InChI=1S/C32H36N4/c1-21-25-5-13-30(14-6-25)34-23(3)27-9-17-32(18-10-27)36-24(4)28-11-19-31(20-12-28)35-22(2)26-7-15-29(33-21)16-8-26/h5-24,33-36H,1-4H3. The zero-order valence-corrected chi connectivity index (χ0v) is 21.5. The molecule has 0 amide bonds. The van der Waals surface area contributed by atoms with Crippen molar-refractivity contribution in [1.29, 1.82) is 0 Å². The van der Waals surface area contributed by atoms with Crippen LogP contribution in [0.5, 0.6) is 0 Å². The van der Waals surface area contributed by atoms with Crippen molar-refractivity contribution in [3.8, 4) is 0 Å². The Morgan fingerprint density at radius 1 is 0.306 bits per heavy atom. The highest BCUT2D eigenvalue weighted by atomic mass is 14.9. The molecular formula is C32H36N4. The van der Waals surface area contributed by atoms with Crippen LogP contribution in [0.1, 0.15) is 74.1 Å². The van der Waals surface area contributed by atoms with Crippen molar-refractivity contribution in [3.63, 3.8) is 0 Å². The summed E-state index contributed by atoms with van der Waals surface area (Å²) in [5, 5.41) is 14.5. The topological polar surface area (TPSA) is 48.1 Å². The number of benzene rings is 4. The summed E-state index contributed by atoms with van der Waals surface area (Å²) in [5.74, 6) is 0. The van der Waals surface area contributed by atoms with Crippen LogP contribution < -0.4 is 21.3 Å². The van der Waals surface area contributed by atoms with Crippen molar-refractivity contribution < 1.29 is 0 Å². The van der Waals surface area contributed by atoms with Gasteiger partial charge in [0.1, 0.15) is 0 Å². The summed E-state index contributed by atoms with van der Waals surface area (Å²) < 4.78 is 0. The van der Waals surface area contributed by atoms with Crippen LogP contribution >= 0.6 is 0 Å². The first-order valence-corrected chi connectivity index (χ1v) is 12.9. The Morgan fingerprint density at radius 3 is 0.639 bits per heavy atom. The molecule has 4 N–H and O–H groups in total. The molecule has 7 aliphatic rings. The molecule has 4 unspecified atom stereocenters.